The molecule has 0 aromatic heterocycles. The Morgan fingerprint density at radius 1 is 1.38 bits per heavy atom. The van der Waals surface area contributed by atoms with Crippen LogP contribution < -0.4 is 4.90 Å². The minimum absolute atomic E-state index is 0.0623. The summed E-state index contributed by atoms with van der Waals surface area (Å²) in [6, 6.07) is 3.30. The topological polar surface area (TPSA) is 63.4 Å². The maximum Gasteiger partial charge on any atom is 0.405 e. The number of Topliss-reactive ketones (excluding diaryl/α,β-unsaturated/α-hetero) is 1. The third-order valence-electron chi connectivity index (χ3n) is 2.77. The highest BCUT2D eigenvalue weighted by Crippen LogP contribution is 2.29. The number of ketones is 1. The molecule has 0 saturated carbocycles. The van der Waals surface area contributed by atoms with Gasteiger partial charge >= 0.3 is 6.18 Å². The lowest BCUT2D eigenvalue weighted by Crippen LogP contribution is -2.35. The minimum atomic E-state index is -4.43. The van der Waals surface area contributed by atoms with Gasteiger partial charge in [-0.25, -0.2) is 0 Å². The van der Waals surface area contributed by atoms with Gasteiger partial charge in [0.25, 0.3) is 5.69 Å². The predicted octanol–water partition coefficient (Wildman–Crippen LogP) is 3.58. The van der Waals surface area contributed by atoms with E-state index in [9.17, 15) is 28.1 Å². The molecule has 0 unspecified atom stereocenters. The Bertz CT molecular complexity index is 544. The SMILES string of the molecule is CCCN(CC(F)(F)F)c1ccc([N+](=O)[O-])cc1C(C)=O. The number of halogens is 3. The molecule has 8 heteroatoms. The third kappa shape index (κ3) is 4.73. The van der Waals surface area contributed by atoms with E-state index >= 15 is 0 Å². The monoisotopic (exact) mass is 304 g/mol. The molecule has 0 bridgehead atoms. The van der Waals surface area contributed by atoms with E-state index in [1.54, 1.807) is 6.92 Å². The van der Waals surface area contributed by atoms with E-state index in [1.165, 1.54) is 13.0 Å². The summed E-state index contributed by atoms with van der Waals surface area (Å²) in [5.74, 6) is -0.517. The van der Waals surface area contributed by atoms with Crippen molar-refractivity contribution >= 4 is 17.2 Å². The Kier molecular flexibility index (Phi) is 5.28. The molecule has 0 amide bonds. The molecule has 1 aromatic rings. The van der Waals surface area contributed by atoms with Crippen LogP contribution in [0.3, 0.4) is 0 Å². The summed E-state index contributed by atoms with van der Waals surface area (Å²) < 4.78 is 37.9. The van der Waals surface area contributed by atoms with Crippen LogP contribution in [0, 0.1) is 10.1 Å². The number of nitrogens with zero attached hydrogens (tertiary/aromatic N) is 2. The first kappa shape index (κ1) is 16.9. The van der Waals surface area contributed by atoms with Gasteiger partial charge in [0.1, 0.15) is 6.54 Å². The number of anilines is 1. The first-order valence-corrected chi connectivity index (χ1v) is 6.26. The number of carbonyl (C=O) groups is 1. The number of alkyl halides is 3. The first-order chi connectivity index (χ1) is 9.65. The van der Waals surface area contributed by atoms with Crippen molar-refractivity contribution in [1.82, 2.24) is 0 Å². The van der Waals surface area contributed by atoms with E-state index in [4.69, 9.17) is 0 Å². The number of carbonyl (C=O) groups excluding carboxylic acids is 1. The summed E-state index contributed by atoms with van der Waals surface area (Å²) in [5.41, 5.74) is -0.346. The van der Waals surface area contributed by atoms with Gasteiger partial charge in [-0.15, -0.1) is 0 Å². The smallest absolute Gasteiger partial charge is 0.362 e. The summed E-state index contributed by atoms with van der Waals surface area (Å²) in [5, 5.41) is 10.7. The van der Waals surface area contributed by atoms with Crippen LogP contribution in [-0.4, -0.2) is 30.0 Å². The maximum atomic E-state index is 12.6. The van der Waals surface area contributed by atoms with E-state index in [0.717, 1.165) is 17.0 Å². The minimum Gasteiger partial charge on any atom is -0.362 e. The second kappa shape index (κ2) is 6.55. The molecular formula is C13H15F3N2O3. The van der Waals surface area contributed by atoms with Crippen LogP contribution in [0.4, 0.5) is 24.5 Å². The van der Waals surface area contributed by atoms with Crippen molar-refractivity contribution in [3.8, 4) is 0 Å². The molecule has 0 radical (unpaired) electrons. The summed E-state index contributed by atoms with van der Waals surface area (Å²) >= 11 is 0. The van der Waals surface area contributed by atoms with Crippen molar-refractivity contribution < 1.29 is 22.9 Å². The molecule has 0 aliphatic heterocycles. The van der Waals surface area contributed by atoms with Gasteiger partial charge in [0.2, 0.25) is 0 Å². The average Bonchev–Trinajstić information content (AvgIpc) is 2.35. The number of rotatable bonds is 6. The highest BCUT2D eigenvalue weighted by Gasteiger charge is 2.32. The number of benzene rings is 1. The standard InChI is InChI=1S/C13H15F3N2O3/c1-3-6-17(8-13(14,15)16)12-5-4-10(18(20)21)7-11(12)9(2)19/h4-5,7H,3,6,8H2,1-2H3. The zero-order chi connectivity index (χ0) is 16.2. The molecule has 5 nitrogen and oxygen atoms in total. The van der Waals surface area contributed by atoms with Gasteiger partial charge in [-0.1, -0.05) is 6.92 Å². The molecule has 1 aromatic carbocycles. The summed E-state index contributed by atoms with van der Waals surface area (Å²) in [4.78, 5) is 22.6. The van der Waals surface area contributed by atoms with Crippen LogP contribution in [0.25, 0.3) is 0 Å². The molecule has 21 heavy (non-hydrogen) atoms. The van der Waals surface area contributed by atoms with E-state index in [0.29, 0.717) is 6.42 Å². The van der Waals surface area contributed by atoms with Crippen LogP contribution >= 0.6 is 0 Å². The zero-order valence-corrected chi connectivity index (χ0v) is 11.6. The molecular weight excluding hydrogens is 289 g/mol. The molecule has 0 saturated heterocycles. The molecule has 0 aliphatic rings. The number of nitro groups is 1. The van der Waals surface area contributed by atoms with Gasteiger partial charge in [0, 0.05) is 29.9 Å². The lowest BCUT2D eigenvalue weighted by atomic mass is 10.1. The Hall–Kier alpha value is -2.12. The van der Waals surface area contributed by atoms with Gasteiger partial charge in [-0.2, -0.15) is 13.2 Å². The third-order valence-corrected chi connectivity index (χ3v) is 2.77. The van der Waals surface area contributed by atoms with Crippen LogP contribution in [0.1, 0.15) is 30.6 Å². The second-order valence-corrected chi connectivity index (χ2v) is 4.55. The Morgan fingerprint density at radius 2 is 2.00 bits per heavy atom. The predicted molar refractivity (Wildman–Crippen MR) is 71.7 cm³/mol. The zero-order valence-electron chi connectivity index (χ0n) is 11.6. The molecule has 0 spiro atoms. The lowest BCUT2D eigenvalue weighted by Gasteiger charge is -2.27. The van der Waals surface area contributed by atoms with Crippen molar-refractivity contribution in [3.05, 3.63) is 33.9 Å². The van der Waals surface area contributed by atoms with Crippen LogP contribution in [0.2, 0.25) is 0 Å². The molecule has 0 atom stereocenters. The highest BCUT2D eigenvalue weighted by atomic mass is 19.4. The van der Waals surface area contributed by atoms with Gasteiger partial charge in [-0.05, 0) is 19.4 Å². The van der Waals surface area contributed by atoms with Gasteiger partial charge < -0.3 is 4.90 Å². The molecule has 0 heterocycles. The van der Waals surface area contributed by atoms with E-state index in [2.05, 4.69) is 0 Å². The van der Waals surface area contributed by atoms with Crippen LogP contribution in [-0.2, 0) is 0 Å². The van der Waals surface area contributed by atoms with Crippen molar-refractivity contribution in [2.45, 2.75) is 26.4 Å². The molecule has 0 N–H and O–H groups in total. The van der Waals surface area contributed by atoms with Crippen LogP contribution in [0.15, 0.2) is 18.2 Å². The number of hydrogen-bond acceptors (Lipinski definition) is 4. The van der Waals surface area contributed by atoms with E-state index in [1.807, 2.05) is 0 Å². The maximum absolute atomic E-state index is 12.6. The Labute approximate surface area is 119 Å². The lowest BCUT2D eigenvalue weighted by molar-refractivity contribution is -0.384. The van der Waals surface area contributed by atoms with Gasteiger partial charge in [0.05, 0.1) is 4.92 Å². The molecule has 0 aliphatic carbocycles. The van der Waals surface area contributed by atoms with Crippen molar-refractivity contribution in [1.29, 1.82) is 0 Å². The highest BCUT2D eigenvalue weighted by molar-refractivity contribution is 6.00. The van der Waals surface area contributed by atoms with Crippen molar-refractivity contribution in [2.75, 3.05) is 18.0 Å². The summed E-state index contributed by atoms with van der Waals surface area (Å²) in [6.45, 7) is 1.76. The van der Waals surface area contributed by atoms with Crippen LogP contribution in [0.5, 0.6) is 0 Å². The van der Waals surface area contributed by atoms with Crippen molar-refractivity contribution in [2.24, 2.45) is 0 Å². The number of nitro benzene ring substituents is 1. The van der Waals surface area contributed by atoms with E-state index < -0.39 is 23.4 Å². The first-order valence-electron chi connectivity index (χ1n) is 6.26. The summed E-state index contributed by atoms with van der Waals surface area (Å²) in [6.07, 6.45) is -3.98. The number of non-ortho nitro benzene ring substituents is 1. The fourth-order valence-electron chi connectivity index (χ4n) is 1.97. The molecule has 116 valence electrons. The Morgan fingerprint density at radius 3 is 2.43 bits per heavy atom. The van der Waals surface area contributed by atoms with Gasteiger partial charge in [0.15, 0.2) is 5.78 Å². The second-order valence-electron chi connectivity index (χ2n) is 4.55. The molecule has 1 rings (SSSR count). The normalized spacial score (nSPS) is 11.3. The summed E-state index contributed by atoms with van der Waals surface area (Å²) in [7, 11) is 0. The molecule has 0 fully saturated rings. The largest absolute Gasteiger partial charge is 0.405 e. The Balaban J connectivity index is 3.29. The fourth-order valence-corrected chi connectivity index (χ4v) is 1.97. The average molecular weight is 304 g/mol. The quantitative estimate of drug-likeness (QED) is 0.458. The van der Waals surface area contributed by atoms with E-state index in [-0.39, 0.29) is 23.5 Å². The van der Waals surface area contributed by atoms with Crippen molar-refractivity contribution in [3.63, 3.8) is 0 Å². The number of hydrogen-bond donors (Lipinski definition) is 0. The fraction of sp³-hybridized carbons (Fsp3) is 0.462. The van der Waals surface area contributed by atoms with Gasteiger partial charge in [-0.3, -0.25) is 14.9 Å².